The number of hydrogen-bond donors (Lipinski definition) is 2. The van der Waals surface area contributed by atoms with Crippen molar-refractivity contribution >= 4 is 16.8 Å². The summed E-state index contributed by atoms with van der Waals surface area (Å²) in [4.78, 5) is 12.9. The van der Waals surface area contributed by atoms with Gasteiger partial charge >= 0.3 is 0 Å². The molecule has 0 heterocycles. The average Bonchev–Trinajstić information content (AvgIpc) is 2.69. The molecule has 0 amide bonds. The van der Waals surface area contributed by atoms with E-state index < -0.39 is 11.5 Å². The number of benzene rings is 1. The van der Waals surface area contributed by atoms with Crippen LogP contribution in [0.2, 0.25) is 0 Å². The van der Waals surface area contributed by atoms with Crippen LogP contribution in [0.4, 0.5) is 0 Å². The third-order valence-electron chi connectivity index (χ3n) is 5.19. The molecule has 132 valence electrons. The molecule has 0 saturated carbocycles. The number of aromatic hydroxyl groups is 1. The summed E-state index contributed by atoms with van der Waals surface area (Å²) in [5, 5.41) is 22.0. The van der Waals surface area contributed by atoms with Gasteiger partial charge in [0.15, 0.2) is 16.9 Å². The highest BCUT2D eigenvalue weighted by atomic mass is 16.5. The Morgan fingerprint density at radius 1 is 1.16 bits per heavy atom. The molecule has 0 aliphatic heterocycles. The second-order valence-electron chi connectivity index (χ2n) is 7.51. The summed E-state index contributed by atoms with van der Waals surface area (Å²) in [5.74, 6) is 0.486. The summed E-state index contributed by atoms with van der Waals surface area (Å²) < 4.78 is 5.41. The number of hydrogen-bond acceptors (Lipinski definition) is 4. The monoisotopic (exact) mass is 340 g/mol. The molecule has 1 aliphatic rings. The van der Waals surface area contributed by atoms with Crippen LogP contribution in [-0.2, 0) is 5.41 Å². The Kier molecular flexibility index (Phi) is 4.12. The highest BCUT2D eigenvalue weighted by Crippen LogP contribution is 2.42. The van der Waals surface area contributed by atoms with Crippen molar-refractivity contribution in [2.45, 2.75) is 45.1 Å². The highest BCUT2D eigenvalue weighted by molar-refractivity contribution is 5.93. The van der Waals surface area contributed by atoms with Crippen LogP contribution in [0.3, 0.4) is 0 Å². The zero-order chi connectivity index (χ0) is 18.5. The molecule has 0 unspecified atom stereocenters. The molecule has 0 radical (unpaired) electrons. The first-order valence-electron chi connectivity index (χ1n) is 8.47. The molecular weight excluding hydrogens is 316 g/mol. The van der Waals surface area contributed by atoms with E-state index in [2.05, 4.69) is 0 Å². The number of aliphatic hydroxyl groups is 1. The van der Waals surface area contributed by atoms with Crippen LogP contribution in [0.15, 0.2) is 29.1 Å². The van der Waals surface area contributed by atoms with Gasteiger partial charge in [0.05, 0.1) is 13.2 Å². The lowest BCUT2D eigenvalue weighted by Crippen LogP contribution is -2.34. The van der Waals surface area contributed by atoms with E-state index >= 15 is 0 Å². The van der Waals surface area contributed by atoms with Gasteiger partial charge in [-0.25, -0.2) is 0 Å². The Morgan fingerprint density at radius 2 is 1.84 bits per heavy atom. The van der Waals surface area contributed by atoms with Gasteiger partial charge in [-0.15, -0.1) is 0 Å². The van der Waals surface area contributed by atoms with Crippen molar-refractivity contribution < 1.29 is 14.9 Å². The van der Waals surface area contributed by atoms with Gasteiger partial charge in [-0.1, -0.05) is 39.8 Å². The number of rotatable bonds is 2. The quantitative estimate of drug-likeness (QED) is 0.875. The summed E-state index contributed by atoms with van der Waals surface area (Å²) in [5.41, 5.74) is 1.62. The fourth-order valence-electron chi connectivity index (χ4n) is 3.49. The first kappa shape index (κ1) is 17.5. The lowest BCUT2D eigenvalue weighted by molar-refractivity contribution is 0.143. The van der Waals surface area contributed by atoms with Gasteiger partial charge in [0.2, 0.25) is 0 Å². The van der Waals surface area contributed by atoms with Crippen LogP contribution in [0, 0.1) is 0 Å². The summed E-state index contributed by atoms with van der Waals surface area (Å²) in [7, 11) is 1.52. The third-order valence-corrected chi connectivity index (χ3v) is 5.19. The summed E-state index contributed by atoms with van der Waals surface area (Å²) in [6, 6.07) is 5.19. The Labute approximate surface area is 147 Å². The molecule has 2 aromatic carbocycles. The largest absolute Gasteiger partial charge is 0.504 e. The molecule has 2 aromatic rings. The molecule has 3 rings (SSSR count). The van der Waals surface area contributed by atoms with Gasteiger partial charge in [0.25, 0.3) is 0 Å². The van der Waals surface area contributed by atoms with Crippen molar-refractivity contribution in [3.63, 3.8) is 0 Å². The van der Waals surface area contributed by atoms with Gasteiger partial charge in [-0.2, -0.15) is 0 Å². The Hall–Kier alpha value is -2.33. The minimum absolute atomic E-state index is 0.0171. The van der Waals surface area contributed by atoms with E-state index in [1.807, 2.05) is 27.7 Å². The molecule has 0 saturated heterocycles. The van der Waals surface area contributed by atoms with Crippen LogP contribution in [-0.4, -0.2) is 23.4 Å². The van der Waals surface area contributed by atoms with E-state index in [-0.39, 0.29) is 17.1 Å². The number of fused-ring (bicyclic) bond motifs is 2. The highest BCUT2D eigenvalue weighted by Gasteiger charge is 2.33. The predicted molar refractivity (Wildman–Crippen MR) is 101 cm³/mol. The van der Waals surface area contributed by atoms with Crippen molar-refractivity contribution in [1.29, 1.82) is 0 Å². The summed E-state index contributed by atoms with van der Waals surface area (Å²) >= 11 is 0. The minimum Gasteiger partial charge on any atom is -0.504 e. The number of ether oxygens (including phenoxy) is 1. The lowest BCUT2D eigenvalue weighted by Gasteiger charge is -2.32. The SMILES string of the molecule is COc1c(C(C)C)cc2c(=O)cc3c(cc2c1O)C=C[C@@H](O)C3(C)C. The van der Waals surface area contributed by atoms with Crippen LogP contribution < -0.4 is 10.2 Å². The minimum atomic E-state index is -0.667. The van der Waals surface area contributed by atoms with Crippen LogP contribution >= 0.6 is 0 Å². The van der Waals surface area contributed by atoms with Gasteiger partial charge < -0.3 is 14.9 Å². The maximum Gasteiger partial charge on any atom is 0.186 e. The summed E-state index contributed by atoms with van der Waals surface area (Å²) in [6.07, 6.45) is 2.85. The molecule has 1 atom stereocenters. The first-order chi connectivity index (χ1) is 11.7. The van der Waals surface area contributed by atoms with Crippen LogP contribution in [0.1, 0.15) is 50.3 Å². The van der Waals surface area contributed by atoms with Crippen molar-refractivity contribution in [3.05, 3.63) is 51.2 Å². The maximum absolute atomic E-state index is 12.9. The zero-order valence-electron chi connectivity index (χ0n) is 15.3. The topological polar surface area (TPSA) is 66.8 Å². The third kappa shape index (κ3) is 2.61. The Balaban J connectivity index is 2.49. The van der Waals surface area contributed by atoms with Gasteiger partial charge in [0, 0.05) is 21.8 Å². The van der Waals surface area contributed by atoms with E-state index in [1.165, 1.54) is 7.11 Å². The first-order valence-corrected chi connectivity index (χ1v) is 8.47. The molecule has 0 spiro atoms. The molecule has 0 bridgehead atoms. The molecular formula is C21H24O4. The smallest absolute Gasteiger partial charge is 0.186 e. The van der Waals surface area contributed by atoms with E-state index in [0.29, 0.717) is 16.5 Å². The maximum atomic E-state index is 12.9. The van der Waals surface area contributed by atoms with Crippen molar-refractivity contribution in [1.82, 2.24) is 0 Å². The van der Waals surface area contributed by atoms with Crippen LogP contribution in [0.5, 0.6) is 11.5 Å². The van der Waals surface area contributed by atoms with Gasteiger partial charge in [0.1, 0.15) is 0 Å². The molecule has 4 heteroatoms. The fourth-order valence-corrected chi connectivity index (χ4v) is 3.49. The normalized spacial score (nSPS) is 18.4. The van der Waals surface area contributed by atoms with Crippen molar-refractivity contribution in [2.24, 2.45) is 0 Å². The van der Waals surface area contributed by atoms with Crippen molar-refractivity contribution in [3.8, 4) is 11.5 Å². The number of phenolic OH excluding ortho intramolecular Hbond substituents is 1. The molecule has 1 aliphatic carbocycles. The standard InChI is InChI=1S/C21H24O4/c1-11(2)13-9-14-15(19(24)20(13)25-5)8-12-6-7-18(23)21(3,4)16(12)10-17(14)22/h6-11,18,23-24H,1-5H3/t18-/m1/s1. The number of phenols is 1. The Bertz CT molecular complexity index is 939. The molecule has 25 heavy (non-hydrogen) atoms. The van der Waals surface area contributed by atoms with Gasteiger partial charge in [-0.3, -0.25) is 4.79 Å². The van der Waals surface area contributed by atoms with E-state index in [1.54, 1.807) is 30.4 Å². The second kappa shape index (κ2) is 5.88. The van der Waals surface area contributed by atoms with Gasteiger partial charge in [-0.05, 0) is 35.2 Å². The van der Waals surface area contributed by atoms with E-state index in [0.717, 1.165) is 16.7 Å². The number of aliphatic hydroxyl groups excluding tert-OH is 1. The fraction of sp³-hybridized carbons (Fsp3) is 0.381. The molecule has 0 fully saturated rings. The predicted octanol–water partition coefficient (Wildman–Crippen LogP) is 3.70. The zero-order valence-corrected chi connectivity index (χ0v) is 15.3. The Morgan fingerprint density at radius 3 is 2.44 bits per heavy atom. The summed E-state index contributed by atoms with van der Waals surface area (Å²) in [6.45, 7) is 7.79. The molecule has 2 N–H and O–H groups in total. The lowest BCUT2D eigenvalue weighted by atomic mass is 9.74. The second-order valence-corrected chi connectivity index (χ2v) is 7.51. The van der Waals surface area contributed by atoms with E-state index in [9.17, 15) is 15.0 Å². The molecule has 4 nitrogen and oxygen atoms in total. The average molecular weight is 340 g/mol. The van der Waals surface area contributed by atoms with E-state index in [4.69, 9.17) is 4.74 Å². The number of methoxy groups -OCH3 is 1. The molecule has 0 aromatic heterocycles. The van der Waals surface area contributed by atoms with Crippen LogP contribution in [0.25, 0.3) is 16.8 Å². The van der Waals surface area contributed by atoms with Crippen molar-refractivity contribution in [2.75, 3.05) is 7.11 Å².